The number of hydrogen-bond donors (Lipinski definition) is 1. The van der Waals surface area contributed by atoms with Gasteiger partial charge in [0.15, 0.2) is 0 Å². The van der Waals surface area contributed by atoms with Crippen LogP contribution in [0.4, 0.5) is 0 Å². The van der Waals surface area contributed by atoms with E-state index in [4.69, 9.17) is 5.11 Å². The van der Waals surface area contributed by atoms with Crippen LogP contribution in [0.2, 0.25) is 0 Å². The van der Waals surface area contributed by atoms with E-state index in [1.165, 1.54) is 64.2 Å². The van der Waals surface area contributed by atoms with Gasteiger partial charge in [0, 0.05) is 0 Å². The molecule has 1 atom stereocenters. The third-order valence-corrected chi connectivity index (χ3v) is 4.59. The Morgan fingerprint density at radius 2 is 1.38 bits per heavy atom. The van der Waals surface area contributed by atoms with E-state index in [2.05, 4.69) is 35.0 Å². The highest BCUT2D eigenvalue weighted by molar-refractivity contribution is 9.10. The first-order valence-corrected chi connectivity index (χ1v) is 9.62. The minimum Gasteiger partial charge on any atom is -0.480 e. The lowest BCUT2D eigenvalue weighted by atomic mass is 10.1. The van der Waals surface area contributed by atoms with Gasteiger partial charge >= 0.3 is 5.97 Å². The Bertz CT molecular complexity index is 264. The van der Waals surface area contributed by atoms with Gasteiger partial charge in [-0.05, 0) is 32.1 Å². The second-order valence-electron chi connectivity index (χ2n) is 5.83. The largest absolute Gasteiger partial charge is 0.480 e. The fraction of sp³-hybridized carbons (Fsp3) is 0.833. The molecule has 1 N–H and O–H groups in total. The van der Waals surface area contributed by atoms with E-state index >= 15 is 0 Å². The molecule has 3 heteroatoms. The molecule has 0 heterocycles. The van der Waals surface area contributed by atoms with E-state index in [1.807, 2.05) is 0 Å². The molecule has 0 fully saturated rings. The molecule has 1 unspecified atom stereocenters. The van der Waals surface area contributed by atoms with Crippen LogP contribution in [-0.4, -0.2) is 15.9 Å². The summed E-state index contributed by atoms with van der Waals surface area (Å²) in [6.07, 6.45) is 20.6. The van der Waals surface area contributed by atoms with Crippen molar-refractivity contribution >= 4 is 21.9 Å². The van der Waals surface area contributed by atoms with Crippen LogP contribution in [0.25, 0.3) is 0 Å². The number of unbranched alkanes of at least 4 members (excludes halogenated alkanes) is 10. The number of allylic oxidation sites excluding steroid dienone is 2. The fourth-order valence-corrected chi connectivity index (χ4v) is 2.66. The highest BCUT2D eigenvalue weighted by Crippen LogP contribution is 2.14. The van der Waals surface area contributed by atoms with E-state index < -0.39 is 5.97 Å². The molecule has 0 saturated heterocycles. The second-order valence-corrected chi connectivity index (χ2v) is 6.93. The minimum atomic E-state index is -0.738. The lowest BCUT2D eigenvalue weighted by Crippen LogP contribution is -2.11. The summed E-state index contributed by atoms with van der Waals surface area (Å²) in [5, 5.41) is 8.73. The normalized spacial score (nSPS) is 12.9. The third-order valence-electron chi connectivity index (χ3n) is 3.74. The highest BCUT2D eigenvalue weighted by atomic mass is 79.9. The van der Waals surface area contributed by atoms with Crippen molar-refractivity contribution in [2.24, 2.45) is 0 Å². The molecule has 0 saturated carbocycles. The zero-order valence-electron chi connectivity index (χ0n) is 13.7. The van der Waals surface area contributed by atoms with Crippen LogP contribution in [-0.2, 0) is 4.79 Å². The molecule has 0 aromatic rings. The molecule has 0 aromatic heterocycles. The third kappa shape index (κ3) is 15.9. The van der Waals surface area contributed by atoms with E-state index in [0.717, 1.165) is 19.3 Å². The summed E-state index contributed by atoms with van der Waals surface area (Å²) in [5.74, 6) is -0.738. The van der Waals surface area contributed by atoms with Crippen molar-refractivity contribution in [3.63, 3.8) is 0 Å². The van der Waals surface area contributed by atoms with Gasteiger partial charge in [-0.15, -0.1) is 0 Å². The monoisotopic (exact) mass is 360 g/mol. The Morgan fingerprint density at radius 3 is 1.90 bits per heavy atom. The van der Waals surface area contributed by atoms with Crippen LogP contribution in [0.5, 0.6) is 0 Å². The Hall–Kier alpha value is -0.310. The maximum absolute atomic E-state index is 10.6. The molecule has 0 aliphatic heterocycles. The predicted molar refractivity (Wildman–Crippen MR) is 95.2 cm³/mol. The van der Waals surface area contributed by atoms with Crippen molar-refractivity contribution in [2.75, 3.05) is 0 Å². The summed E-state index contributed by atoms with van der Waals surface area (Å²) in [6.45, 7) is 2.24. The fourth-order valence-electron chi connectivity index (χ4n) is 2.34. The van der Waals surface area contributed by atoms with Crippen LogP contribution >= 0.6 is 15.9 Å². The van der Waals surface area contributed by atoms with E-state index in [1.54, 1.807) is 0 Å². The summed E-state index contributed by atoms with van der Waals surface area (Å²) >= 11 is 3.17. The molecule has 0 aliphatic carbocycles. The number of carboxylic acids is 1. The molecule has 21 heavy (non-hydrogen) atoms. The summed E-state index contributed by atoms with van der Waals surface area (Å²) in [7, 11) is 0. The van der Waals surface area contributed by atoms with E-state index in [0.29, 0.717) is 0 Å². The molecule has 124 valence electrons. The van der Waals surface area contributed by atoms with Gasteiger partial charge in [-0.3, -0.25) is 4.79 Å². The van der Waals surface area contributed by atoms with Crippen molar-refractivity contribution in [1.82, 2.24) is 0 Å². The molecule has 0 aromatic carbocycles. The molecule has 0 spiro atoms. The smallest absolute Gasteiger partial charge is 0.317 e. The van der Waals surface area contributed by atoms with Gasteiger partial charge in [-0.25, -0.2) is 0 Å². The predicted octanol–water partition coefficient (Wildman–Crippen LogP) is 6.48. The number of hydrogen-bond acceptors (Lipinski definition) is 1. The van der Waals surface area contributed by atoms with Gasteiger partial charge in [-0.2, -0.15) is 0 Å². The first-order valence-electron chi connectivity index (χ1n) is 8.70. The number of aliphatic carboxylic acids is 1. The average Bonchev–Trinajstić information content (AvgIpc) is 2.47. The van der Waals surface area contributed by atoms with E-state index in [-0.39, 0.29) is 4.83 Å². The molecule has 2 nitrogen and oxygen atoms in total. The van der Waals surface area contributed by atoms with Gasteiger partial charge in [-0.1, -0.05) is 86.4 Å². The van der Waals surface area contributed by atoms with Gasteiger partial charge in [0.05, 0.1) is 0 Å². The van der Waals surface area contributed by atoms with Crippen LogP contribution in [0.15, 0.2) is 12.2 Å². The average molecular weight is 361 g/mol. The number of rotatable bonds is 15. The van der Waals surface area contributed by atoms with Crippen LogP contribution in [0, 0.1) is 0 Å². The minimum absolute atomic E-state index is 0.360. The highest BCUT2D eigenvalue weighted by Gasteiger charge is 2.11. The van der Waals surface area contributed by atoms with Gasteiger partial charge in [0.25, 0.3) is 0 Å². The maximum Gasteiger partial charge on any atom is 0.317 e. The molecular formula is C18H33BrO2. The molecule has 0 radical (unpaired) electrons. The molecule has 0 rings (SSSR count). The molecule has 0 bridgehead atoms. The lowest BCUT2D eigenvalue weighted by molar-refractivity contribution is -0.136. The Morgan fingerprint density at radius 1 is 0.905 bits per heavy atom. The second kappa shape index (κ2) is 16.1. The van der Waals surface area contributed by atoms with Crippen molar-refractivity contribution in [2.45, 2.75) is 95.2 Å². The molecule has 0 amide bonds. The first kappa shape index (κ1) is 20.7. The molecular weight excluding hydrogens is 328 g/mol. The lowest BCUT2D eigenvalue weighted by Gasteiger charge is -2.04. The topological polar surface area (TPSA) is 37.3 Å². The van der Waals surface area contributed by atoms with Crippen molar-refractivity contribution in [3.05, 3.63) is 12.2 Å². The number of carbonyl (C=O) groups is 1. The Kier molecular flexibility index (Phi) is 15.8. The number of carboxylic acid groups (broad SMARTS) is 1. The molecule has 0 aliphatic rings. The van der Waals surface area contributed by atoms with E-state index in [9.17, 15) is 4.79 Å². The van der Waals surface area contributed by atoms with Gasteiger partial charge < -0.3 is 5.11 Å². The van der Waals surface area contributed by atoms with Gasteiger partial charge in [0.2, 0.25) is 0 Å². The van der Waals surface area contributed by atoms with Crippen LogP contribution in [0.1, 0.15) is 90.4 Å². The standard InChI is InChI=1S/C18H33BrO2/c1-2-3-4-5-6-7-8-9-10-11-12-13-14-15-16-17(19)18(20)21/h6-7,17H,2-5,8-16H2,1H3,(H,20,21). The maximum atomic E-state index is 10.6. The van der Waals surface area contributed by atoms with Crippen molar-refractivity contribution in [1.29, 1.82) is 0 Å². The summed E-state index contributed by atoms with van der Waals surface area (Å²) < 4.78 is 0. The van der Waals surface area contributed by atoms with Crippen LogP contribution < -0.4 is 0 Å². The number of alkyl halides is 1. The number of halogens is 1. The zero-order chi connectivity index (χ0) is 15.8. The Labute approximate surface area is 139 Å². The summed E-state index contributed by atoms with van der Waals surface area (Å²) in [5.41, 5.74) is 0. The Balaban J connectivity index is 3.14. The SMILES string of the molecule is CCCCCC=CCCCCCCCCCC(Br)C(=O)O. The summed E-state index contributed by atoms with van der Waals surface area (Å²) in [6, 6.07) is 0. The van der Waals surface area contributed by atoms with Crippen molar-refractivity contribution in [3.8, 4) is 0 Å². The van der Waals surface area contributed by atoms with Crippen molar-refractivity contribution < 1.29 is 9.90 Å². The summed E-state index contributed by atoms with van der Waals surface area (Å²) in [4.78, 5) is 10.3. The van der Waals surface area contributed by atoms with Crippen LogP contribution in [0.3, 0.4) is 0 Å². The van der Waals surface area contributed by atoms with Gasteiger partial charge in [0.1, 0.15) is 4.83 Å². The first-order chi connectivity index (χ1) is 10.2. The zero-order valence-corrected chi connectivity index (χ0v) is 15.2. The quantitative estimate of drug-likeness (QED) is 0.206.